The zero-order valence-electron chi connectivity index (χ0n) is 11.2. The van der Waals surface area contributed by atoms with E-state index in [4.69, 9.17) is 0 Å². The van der Waals surface area contributed by atoms with E-state index in [2.05, 4.69) is 17.1 Å². The summed E-state index contributed by atoms with van der Waals surface area (Å²) in [4.78, 5) is 14.5. The highest BCUT2D eigenvalue weighted by Gasteiger charge is 2.40. The monoisotopic (exact) mass is 272 g/mol. The van der Waals surface area contributed by atoms with Gasteiger partial charge in [-0.3, -0.25) is 4.79 Å². The van der Waals surface area contributed by atoms with Crippen LogP contribution in [0, 0.1) is 11.8 Å². The Hall–Kier alpha value is -0.280. The third-order valence-electron chi connectivity index (χ3n) is 4.90. The molecule has 0 aromatic rings. The van der Waals surface area contributed by atoms with E-state index in [-0.39, 0.29) is 18.4 Å². The van der Waals surface area contributed by atoms with Crippen LogP contribution in [0.3, 0.4) is 0 Å². The quantitative estimate of drug-likeness (QED) is 0.794. The Morgan fingerprint density at radius 3 is 2.67 bits per heavy atom. The molecule has 3 aliphatic rings. The molecule has 1 saturated carbocycles. The van der Waals surface area contributed by atoms with E-state index in [0.29, 0.717) is 17.9 Å². The van der Waals surface area contributed by atoms with Gasteiger partial charge in [-0.25, -0.2) is 0 Å². The normalized spacial score (nSPS) is 39.3. The Bertz CT molecular complexity index is 296. The highest BCUT2D eigenvalue weighted by atomic mass is 35.5. The van der Waals surface area contributed by atoms with Gasteiger partial charge in [0.1, 0.15) is 0 Å². The van der Waals surface area contributed by atoms with Crippen LogP contribution in [0.2, 0.25) is 0 Å². The Kier molecular flexibility index (Phi) is 4.54. The molecule has 2 saturated heterocycles. The van der Waals surface area contributed by atoms with Crippen molar-refractivity contribution < 1.29 is 4.79 Å². The van der Waals surface area contributed by atoms with Crippen LogP contribution in [0.15, 0.2) is 0 Å². The van der Waals surface area contributed by atoms with Crippen molar-refractivity contribution in [2.45, 2.75) is 57.5 Å². The second-order valence-corrected chi connectivity index (χ2v) is 6.28. The minimum Gasteiger partial charge on any atom is -0.341 e. The molecule has 0 spiro atoms. The SMILES string of the molecule is CC1CCN(C(=O)C2CC3CCCCC3N2)C1.Cl. The molecule has 2 heterocycles. The van der Waals surface area contributed by atoms with Crippen LogP contribution < -0.4 is 5.32 Å². The molecular formula is C14H25ClN2O. The topological polar surface area (TPSA) is 32.3 Å². The van der Waals surface area contributed by atoms with Crippen molar-refractivity contribution in [2.24, 2.45) is 11.8 Å². The summed E-state index contributed by atoms with van der Waals surface area (Å²) in [7, 11) is 0. The van der Waals surface area contributed by atoms with E-state index in [1.54, 1.807) is 0 Å². The first-order valence-corrected chi connectivity index (χ1v) is 7.29. The van der Waals surface area contributed by atoms with Crippen LogP contribution in [0.25, 0.3) is 0 Å². The van der Waals surface area contributed by atoms with E-state index in [1.807, 2.05) is 0 Å². The summed E-state index contributed by atoms with van der Waals surface area (Å²) in [6, 6.07) is 0.770. The van der Waals surface area contributed by atoms with Gasteiger partial charge in [0.15, 0.2) is 0 Å². The van der Waals surface area contributed by atoms with Crippen molar-refractivity contribution in [1.29, 1.82) is 0 Å². The van der Waals surface area contributed by atoms with Crippen LogP contribution in [0.4, 0.5) is 0 Å². The minimum absolute atomic E-state index is 0. The van der Waals surface area contributed by atoms with E-state index in [1.165, 1.54) is 32.1 Å². The Morgan fingerprint density at radius 1 is 1.22 bits per heavy atom. The van der Waals surface area contributed by atoms with Crippen molar-refractivity contribution in [3.8, 4) is 0 Å². The molecule has 4 atom stereocenters. The lowest BCUT2D eigenvalue weighted by Gasteiger charge is -2.24. The molecular weight excluding hydrogens is 248 g/mol. The average molecular weight is 273 g/mol. The molecule has 2 aliphatic heterocycles. The van der Waals surface area contributed by atoms with Gasteiger partial charge in [-0.2, -0.15) is 0 Å². The van der Waals surface area contributed by atoms with Gasteiger partial charge in [0.25, 0.3) is 0 Å². The first-order valence-electron chi connectivity index (χ1n) is 7.29. The standard InChI is InChI=1S/C14H24N2O.ClH/c1-10-6-7-16(9-10)14(17)13-8-11-4-2-3-5-12(11)15-13;/h10-13,15H,2-9H2,1H3;1H. The molecule has 1 aliphatic carbocycles. The molecule has 0 bridgehead atoms. The third-order valence-corrected chi connectivity index (χ3v) is 4.90. The van der Waals surface area contributed by atoms with Gasteiger partial charge in [0.05, 0.1) is 6.04 Å². The summed E-state index contributed by atoms with van der Waals surface area (Å²) in [6.07, 6.45) is 7.60. The van der Waals surface area contributed by atoms with Gasteiger partial charge in [-0.15, -0.1) is 12.4 Å². The average Bonchev–Trinajstić information content (AvgIpc) is 2.93. The highest BCUT2D eigenvalue weighted by Crippen LogP contribution is 2.34. The maximum absolute atomic E-state index is 12.4. The third kappa shape index (κ3) is 2.67. The number of hydrogen-bond acceptors (Lipinski definition) is 2. The first kappa shape index (κ1) is 14.1. The lowest BCUT2D eigenvalue weighted by Crippen LogP contribution is -2.44. The molecule has 1 N–H and O–H groups in total. The summed E-state index contributed by atoms with van der Waals surface area (Å²) in [6.45, 7) is 4.20. The number of amides is 1. The van der Waals surface area contributed by atoms with Gasteiger partial charge in [-0.1, -0.05) is 19.8 Å². The Balaban J connectivity index is 0.00000120. The summed E-state index contributed by atoms with van der Waals surface area (Å²) in [5.74, 6) is 1.85. The van der Waals surface area contributed by atoms with Gasteiger partial charge < -0.3 is 10.2 Å². The molecule has 3 fully saturated rings. The molecule has 3 rings (SSSR count). The lowest BCUT2D eigenvalue weighted by molar-refractivity contribution is -0.132. The largest absolute Gasteiger partial charge is 0.341 e. The summed E-state index contributed by atoms with van der Waals surface area (Å²) < 4.78 is 0. The summed E-state index contributed by atoms with van der Waals surface area (Å²) >= 11 is 0. The van der Waals surface area contributed by atoms with Crippen LogP contribution in [0.1, 0.15) is 45.4 Å². The van der Waals surface area contributed by atoms with E-state index >= 15 is 0 Å². The first-order chi connectivity index (χ1) is 8.24. The van der Waals surface area contributed by atoms with Crippen molar-refractivity contribution in [2.75, 3.05) is 13.1 Å². The fourth-order valence-corrected chi connectivity index (χ4v) is 3.87. The molecule has 4 heteroatoms. The Morgan fingerprint density at radius 2 is 2.00 bits per heavy atom. The second-order valence-electron chi connectivity index (χ2n) is 6.28. The predicted molar refractivity (Wildman–Crippen MR) is 74.9 cm³/mol. The number of nitrogens with zero attached hydrogens (tertiary/aromatic N) is 1. The molecule has 1 amide bonds. The van der Waals surface area contributed by atoms with E-state index in [9.17, 15) is 4.79 Å². The minimum atomic E-state index is 0. The number of rotatable bonds is 1. The summed E-state index contributed by atoms with van der Waals surface area (Å²) in [5, 5.41) is 3.59. The molecule has 0 aromatic heterocycles. The molecule has 104 valence electrons. The molecule has 4 unspecified atom stereocenters. The number of carbonyl (C=O) groups excluding carboxylic acids is 1. The van der Waals surface area contributed by atoms with Crippen LogP contribution in [-0.2, 0) is 4.79 Å². The number of fused-ring (bicyclic) bond motifs is 1. The number of likely N-dealkylation sites (tertiary alicyclic amines) is 1. The number of halogens is 1. The van der Waals surface area contributed by atoms with Gasteiger partial charge in [-0.05, 0) is 37.5 Å². The molecule has 3 nitrogen and oxygen atoms in total. The maximum atomic E-state index is 12.4. The van der Waals surface area contributed by atoms with Crippen LogP contribution in [0.5, 0.6) is 0 Å². The number of hydrogen-bond donors (Lipinski definition) is 1. The van der Waals surface area contributed by atoms with Crippen molar-refractivity contribution in [1.82, 2.24) is 10.2 Å². The smallest absolute Gasteiger partial charge is 0.239 e. The maximum Gasteiger partial charge on any atom is 0.239 e. The molecule has 18 heavy (non-hydrogen) atoms. The van der Waals surface area contributed by atoms with Crippen molar-refractivity contribution in [3.05, 3.63) is 0 Å². The van der Waals surface area contributed by atoms with Gasteiger partial charge in [0.2, 0.25) is 5.91 Å². The van der Waals surface area contributed by atoms with E-state index in [0.717, 1.165) is 25.4 Å². The highest BCUT2D eigenvalue weighted by molar-refractivity contribution is 5.85. The van der Waals surface area contributed by atoms with Gasteiger partial charge >= 0.3 is 0 Å². The fraction of sp³-hybridized carbons (Fsp3) is 0.929. The van der Waals surface area contributed by atoms with Crippen molar-refractivity contribution >= 4 is 18.3 Å². The van der Waals surface area contributed by atoms with Gasteiger partial charge in [0, 0.05) is 19.1 Å². The number of nitrogens with one attached hydrogen (secondary N) is 1. The fourth-order valence-electron chi connectivity index (χ4n) is 3.87. The van der Waals surface area contributed by atoms with Crippen LogP contribution >= 0.6 is 12.4 Å². The predicted octanol–water partition coefficient (Wildman–Crippen LogP) is 2.20. The summed E-state index contributed by atoms with van der Waals surface area (Å²) in [5.41, 5.74) is 0. The molecule has 0 radical (unpaired) electrons. The Labute approximate surface area is 116 Å². The zero-order chi connectivity index (χ0) is 11.8. The molecule has 0 aromatic carbocycles. The van der Waals surface area contributed by atoms with Crippen molar-refractivity contribution in [3.63, 3.8) is 0 Å². The van der Waals surface area contributed by atoms with E-state index < -0.39 is 0 Å². The second kappa shape index (κ2) is 5.79. The zero-order valence-corrected chi connectivity index (χ0v) is 12.0. The van der Waals surface area contributed by atoms with Crippen LogP contribution in [-0.4, -0.2) is 36.0 Å². The lowest BCUT2D eigenvalue weighted by atomic mass is 9.85. The number of carbonyl (C=O) groups is 1.